The molecule has 6 heteroatoms. The molecule has 3 N–H and O–H groups in total. The highest BCUT2D eigenvalue weighted by Crippen LogP contribution is 2.17. The van der Waals surface area contributed by atoms with Gasteiger partial charge in [-0.25, -0.2) is 4.79 Å². The number of carbonyl (C=O) groups is 2. The normalized spacial score (nSPS) is 21.7. The molecule has 0 bridgehead atoms. The van der Waals surface area contributed by atoms with Crippen LogP contribution in [-0.4, -0.2) is 56.1 Å². The predicted octanol–water partition coefficient (Wildman–Crippen LogP) is 0.152. The second-order valence-electron chi connectivity index (χ2n) is 5.09. The van der Waals surface area contributed by atoms with E-state index in [1.54, 1.807) is 0 Å². The highest BCUT2D eigenvalue weighted by atomic mass is 16.2. The number of imide groups is 1. The first-order valence-electron chi connectivity index (χ1n) is 7.05. The summed E-state index contributed by atoms with van der Waals surface area (Å²) in [5.74, 6) is 0.356. The summed E-state index contributed by atoms with van der Waals surface area (Å²) < 4.78 is 0. The summed E-state index contributed by atoms with van der Waals surface area (Å²) >= 11 is 0. The van der Waals surface area contributed by atoms with Gasteiger partial charge in [0.15, 0.2) is 0 Å². The molecule has 1 rings (SSSR count). The van der Waals surface area contributed by atoms with Gasteiger partial charge in [-0.05, 0) is 52.7 Å². The molecular weight excluding hydrogens is 244 g/mol. The molecule has 1 fully saturated rings. The van der Waals surface area contributed by atoms with Gasteiger partial charge in [0, 0.05) is 13.1 Å². The molecule has 0 saturated carbocycles. The molecule has 0 radical (unpaired) electrons. The summed E-state index contributed by atoms with van der Waals surface area (Å²) in [4.78, 5) is 25.5. The molecule has 0 aromatic rings. The molecule has 1 aliphatic heterocycles. The van der Waals surface area contributed by atoms with Crippen molar-refractivity contribution in [3.63, 3.8) is 0 Å². The van der Waals surface area contributed by atoms with E-state index in [9.17, 15) is 9.59 Å². The lowest BCUT2D eigenvalue weighted by Gasteiger charge is -2.35. The van der Waals surface area contributed by atoms with Crippen LogP contribution in [0.3, 0.4) is 0 Å². The summed E-state index contributed by atoms with van der Waals surface area (Å²) in [6, 6.07) is -0.676. The number of rotatable bonds is 5. The van der Waals surface area contributed by atoms with E-state index >= 15 is 0 Å². The van der Waals surface area contributed by atoms with E-state index < -0.39 is 6.03 Å². The van der Waals surface area contributed by atoms with Crippen LogP contribution in [0.5, 0.6) is 0 Å². The van der Waals surface area contributed by atoms with Crippen molar-refractivity contribution in [1.29, 1.82) is 0 Å². The van der Waals surface area contributed by atoms with Crippen molar-refractivity contribution in [2.75, 3.05) is 33.2 Å². The molecule has 0 aromatic carbocycles. The Bertz CT molecular complexity index is 307. The van der Waals surface area contributed by atoms with Crippen molar-refractivity contribution in [2.45, 2.75) is 32.7 Å². The topological polar surface area (TPSA) is 73.5 Å². The summed E-state index contributed by atoms with van der Waals surface area (Å²) in [6.07, 6.45) is 2.30. The maximum Gasteiger partial charge on any atom is 0.321 e. The number of nitrogens with one attached hydrogen (secondary N) is 3. The van der Waals surface area contributed by atoms with Crippen LogP contribution in [-0.2, 0) is 4.79 Å². The minimum atomic E-state index is -0.414. The summed E-state index contributed by atoms with van der Waals surface area (Å²) in [7, 11) is 1.95. The van der Waals surface area contributed by atoms with Crippen LogP contribution in [0, 0.1) is 5.92 Å². The third-order valence-corrected chi connectivity index (χ3v) is 3.54. The van der Waals surface area contributed by atoms with Crippen LogP contribution < -0.4 is 16.0 Å². The smallest absolute Gasteiger partial charge is 0.321 e. The van der Waals surface area contributed by atoms with E-state index in [4.69, 9.17) is 0 Å². The van der Waals surface area contributed by atoms with Crippen molar-refractivity contribution in [1.82, 2.24) is 20.9 Å². The maximum atomic E-state index is 12.0. The lowest BCUT2D eigenvalue weighted by atomic mass is 9.97. The molecular formula is C13H26N4O2. The zero-order valence-corrected chi connectivity index (χ0v) is 12.2. The number of piperidine rings is 1. The van der Waals surface area contributed by atoms with Gasteiger partial charge in [0.25, 0.3) is 0 Å². The van der Waals surface area contributed by atoms with Crippen LogP contribution in [0.1, 0.15) is 26.7 Å². The second kappa shape index (κ2) is 8.12. The van der Waals surface area contributed by atoms with Crippen LogP contribution in [0.2, 0.25) is 0 Å². The minimum Gasteiger partial charge on any atom is -0.338 e. The first-order valence-corrected chi connectivity index (χ1v) is 7.05. The van der Waals surface area contributed by atoms with Crippen LogP contribution in [0.4, 0.5) is 4.79 Å². The number of likely N-dealkylation sites (tertiary alicyclic amines) is 1. The van der Waals surface area contributed by atoms with Crippen LogP contribution in [0.25, 0.3) is 0 Å². The minimum absolute atomic E-state index is 0.226. The fourth-order valence-corrected chi connectivity index (χ4v) is 2.49. The number of nitrogens with zero attached hydrogens (tertiary/aromatic N) is 1. The highest BCUT2D eigenvalue weighted by Gasteiger charge is 2.27. The lowest BCUT2D eigenvalue weighted by Crippen LogP contribution is -2.52. The van der Waals surface area contributed by atoms with E-state index in [2.05, 4.69) is 20.9 Å². The first-order chi connectivity index (χ1) is 9.08. The van der Waals surface area contributed by atoms with E-state index in [1.807, 2.05) is 20.9 Å². The van der Waals surface area contributed by atoms with Gasteiger partial charge >= 0.3 is 6.03 Å². The van der Waals surface area contributed by atoms with E-state index in [0.29, 0.717) is 12.5 Å². The molecule has 19 heavy (non-hydrogen) atoms. The molecule has 1 saturated heterocycles. The summed E-state index contributed by atoms with van der Waals surface area (Å²) in [5, 5.41) is 8.13. The molecule has 0 aromatic heterocycles. The molecule has 110 valence electrons. The Hall–Kier alpha value is -1.14. The van der Waals surface area contributed by atoms with E-state index in [-0.39, 0.29) is 11.9 Å². The SMILES string of the molecule is CCNC(=O)NC(=O)C(C)N1CCCC(CNC)C1. The standard InChI is InChI=1S/C13H26N4O2/c1-4-15-13(19)16-12(18)10(2)17-7-5-6-11(9-17)8-14-3/h10-11,14H,4-9H2,1-3H3,(H2,15,16,18,19). The van der Waals surface area contributed by atoms with E-state index in [1.165, 1.54) is 6.42 Å². The number of amides is 3. The molecule has 2 unspecified atom stereocenters. The Balaban J connectivity index is 2.44. The van der Waals surface area contributed by atoms with Gasteiger partial charge in [-0.15, -0.1) is 0 Å². The lowest BCUT2D eigenvalue weighted by molar-refractivity contribution is -0.125. The molecule has 0 aliphatic carbocycles. The zero-order chi connectivity index (χ0) is 14.3. The largest absolute Gasteiger partial charge is 0.338 e. The third-order valence-electron chi connectivity index (χ3n) is 3.54. The average molecular weight is 270 g/mol. The second-order valence-corrected chi connectivity index (χ2v) is 5.09. The third kappa shape index (κ3) is 5.16. The molecule has 0 spiro atoms. The highest BCUT2D eigenvalue weighted by molar-refractivity contribution is 5.96. The van der Waals surface area contributed by atoms with Crippen molar-refractivity contribution in [3.05, 3.63) is 0 Å². The Kier molecular flexibility index (Phi) is 6.80. The molecule has 1 aliphatic rings. The number of hydrogen-bond donors (Lipinski definition) is 3. The van der Waals surface area contributed by atoms with Crippen LogP contribution >= 0.6 is 0 Å². The summed E-state index contributed by atoms with van der Waals surface area (Å²) in [5.41, 5.74) is 0. The fourth-order valence-electron chi connectivity index (χ4n) is 2.49. The van der Waals surface area contributed by atoms with Crippen molar-refractivity contribution >= 4 is 11.9 Å². The van der Waals surface area contributed by atoms with E-state index in [0.717, 1.165) is 26.1 Å². The van der Waals surface area contributed by atoms with Crippen molar-refractivity contribution in [2.24, 2.45) is 5.92 Å². The number of urea groups is 1. The average Bonchev–Trinajstić information content (AvgIpc) is 2.38. The van der Waals surface area contributed by atoms with Gasteiger partial charge in [-0.2, -0.15) is 0 Å². The van der Waals surface area contributed by atoms with Gasteiger partial charge in [-0.3, -0.25) is 15.0 Å². The Morgan fingerprint density at radius 1 is 1.42 bits per heavy atom. The van der Waals surface area contributed by atoms with Gasteiger partial charge in [0.2, 0.25) is 5.91 Å². The fraction of sp³-hybridized carbons (Fsp3) is 0.846. The van der Waals surface area contributed by atoms with Gasteiger partial charge in [0.1, 0.15) is 0 Å². The monoisotopic (exact) mass is 270 g/mol. The number of carbonyl (C=O) groups excluding carboxylic acids is 2. The van der Waals surface area contributed by atoms with Crippen LogP contribution in [0.15, 0.2) is 0 Å². The quantitative estimate of drug-likeness (QED) is 0.665. The van der Waals surface area contributed by atoms with Gasteiger partial charge < -0.3 is 10.6 Å². The van der Waals surface area contributed by atoms with Crippen molar-refractivity contribution < 1.29 is 9.59 Å². The molecule has 6 nitrogen and oxygen atoms in total. The Morgan fingerprint density at radius 3 is 2.79 bits per heavy atom. The zero-order valence-electron chi connectivity index (χ0n) is 12.2. The maximum absolute atomic E-state index is 12.0. The molecule has 1 heterocycles. The first kappa shape index (κ1) is 15.9. The van der Waals surface area contributed by atoms with Gasteiger partial charge in [0.05, 0.1) is 6.04 Å². The summed E-state index contributed by atoms with van der Waals surface area (Å²) in [6.45, 7) is 6.99. The predicted molar refractivity (Wildman–Crippen MR) is 74.9 cm³/mol. The van der Waals surface area contributed by atoms with Gasteiger partial charge in [-0.1, -0.05) is 0 Å². The molecule has 2 atom stereocenters. The Labute approximate surface area is 115 Å². The number of hydrogen-bond acceptors (Lipinski definition) is 4. The Morgan fingerprint density at radius 2 is 2.16 bits per heavy atom. The van der Waals surface area contributed by atoms with Crippen molar-refractivity contribution in [3.8, 4) is 0 Å². The molecule has 3 amide bonds.